The number of carbonyl (C=O) groups is 1. The minimum Gasteiger partial charge on any atom is -0.295 e. The molecular formula is C14H16O3S. The highest BCUT2D eigenvalue weighted by Crippen LogP contribution is 2.37. The molecule has 0 amide bonds. The number of allylic oxidation sites excluding steroid dienone is 2. The maximum absolute atomic E-state index is 12.4. The summed E-state index contributed by atoms with van der Waals surface area (Å²) in [6, 6.07) is 8.25. The second-order valence-corrected chi connectivity index (χ2v) is 7.41. The largest absolute Gasteiger partial charge is 0.295 e. The predicted molar refractivity (Wildman–Crippen MR) is 69.7 cm³/mol. The number of sulfone groups is 1. The fraction of sp³-hybridized carbons (Fsp3) is 0.357. The lowest BCUT2D eigenvalue weighted by Crippen LogP contribution is -2.25. The van der Waals surface area contributed by atoms with E-state index in [9.17, 15) is 13.2 Å². The molecule has 0 aliphatic heterocycles. The number of ketones is 1. The lowest BCUT2D eigenvalue weighted by atomic mass is 9.80. The van der Waals surface area contributed by atoms with E-state index in [1.807, 2.05) is 13.8 Å². The van der Waals surface area contributed by atoms with Gasteiger partial charge in [0.15, 0.2) is 5.78 Å². The molecule has 0 unspecified atom stereocenters. The van der Waals surface area contributed by atoms with Gasteiger partial charge in [-0.15, -0.1) is 0 Å². The standard InChI is InChI=1S/C14H16O3S/c1-14(2)9-11(15)8-13(10-14)18(16,17)12-6-4-3-5-7-12/h3-8H,9-10H2,1-2H3. The zero-order valence-electron chi connectivity index (χ0n) is 10.5. The Labute approximate surface area is 107 Å². The Morgan fingerprint density at radius 1 is 1.06 bits per heavy atom. The molecular weight excluding hydrogens is 248 g/mol. The highest BCUT2D eigenvalue weighted by atomic mass is 32.2. The van der Waals surface area contributed by atoms with Gasteiger partial charge in [0.1, 0.15) is 0 Å². The number of benzene rings is 1. The first kappa shape index (κ1) is 13.0. The maximum Gasteiger partial charge on any atom is 0.202 e. The quantitative estimate of drug-likeness (QED) is 0.825. The number of carbonyl (C=O) groups excluding carboxylic acids is 1. The molecule has 0 heterocycles. The van der Waals surface area contributed by atoms with Crippen LogP contribution >= 0.6 is 0 Å². The van der Waals surface area contributed by atoms with Crippen LogP contribution < -0.4 is 0 Å². The van der Waals surface area contributed by atoms with Crippen molar-refractivity contribution >= 4 is 15.6 Å². The van der Waals surface area contributed by atoms with E-state index in [2.05, 4.69) is 0 Å². The second kappa shape index (κ2) is 4.35. The molecule has 0 radical (unpaired) electrons. The molecule has 3 nitrogen and oxygen atoms in total. The van der Waals surface area contributed by atoms with Crippen molar-refractivity contribution in [1.82, 2.24) is 0 Å². The molecule has 0 spiro atoms. The fourth-order valence-corrected chi connectivity index (χ4v) is 3.90. The molecule has 96 valence electrons. The van der Waals surface area contributed by atoms with Crippen LogP contribution in [0.5, 0.6) is 0 Å². The summed E-state index contributed by atoms with van der Waals surface area (Å²) in [7, 11) is -3.53. The molecule has 0 aromatic heterocycles. The highest BCUT2D eigenvalue weighted by Gasteiger charge is 2.33. The van der Waals surface area contributed by atoms with Gasteiger partial charge in [0.2, 0.25) is 9.84 Å². The molecule has 18 heavy (non-hydrogen) atoms. The maximum atomic E-state index is 12.4. The summed E-state index contributed by atoms with van der Waals surface area (Å²) in [5.41, 5.74) is -0.289. The molecule has 0 saturated heterocycles. The summed E-state index contributed by atoms with van der Waals surface area (Å²) < 4.78 is 24.8. The third kappa shape index (κ3) is 2.53. The third-order valence-electron chi connectivity index (χ3n) is 3.03. The van der Waals surface area contributed by atoms with Crippen LogP contribution in [0, 0.1) is 5.41 Å². The Kier molecular flexibility index (Phi) is 3.15. The van der Waals surface area contributed by atoms with Gasteiger partial charge >= 0.3 is 0 Å². The first-order valence-electron chi connectivity index (χ1n) is 5.85. The summed E-state index contributed by atoms with van der Waals surface area (Å²) >= 11 is 0. The van der Waals surface area contributed by atoms with E-state index in [0.717, 1.165) is 0 Å². The number of hydrogen-bond acceptors (Lipinski definition) is 3. The topological polar surface area (TPSA) is 51.2 Å². The van der Waals surface area contributed by atoms with Crippen LogP contribution in [0.15, 0.2) is 46.2 Å². The molecule has 0 fully saturated rings. The van der Waals surface area contributed by atoms with Gasteiger partial charge in [-0.05, 0) is 30.0 Å². The normalized spacial score (nSPS) is 19.4. The molecule has 1 aromatic rings. The molecule has 4 heteroatoms. The van der Waals surface area contributed by atoms with Crippen molar-refractivity contribution in [2.75, 3.05) is 0 Å². The first-order valence-corrected chi connectivity index (χ1v) is 7.33. The molecule has 0 atom stereocenters. The van der Waals surface area contributed by atoms with Gasteiger partial charge in [0.05, 0.1) is 9.80 Å². The lowest BCUT2D eigenvalue weighted by Gasteiger charge is -2.28. The zero-order valence-corrected chi connectivity index (χ0v) is 11.3. The van der Waals surface area contributed by atoms with Gasteiger partial charge in [-0.2, -0.15) is 0 Å². The highest BCUT2D eigenvalue weighted by molar-refractivity contribution is 7.95. The van der Waals surface area contributed by atoms with Gasteiger partial charge in [0, 0.05) is 6.42 Å². The van der Waals surface area contributed by atoms with E-state index in [1.54, 1.807) is 30.3 Å². The molecule has 1 aliphatic rings. The van der Waals surface area contributed by atoms with Gasteiger partial charge < -0.3 is 0 Å². The van der Waals surface area contributed by atoms with Gasteiger partial charge in [-0.1, -0.05) is 32.0 Å². The fourth-order valence-electron chi connectivity index (χ4n) is 2.21. The molecule has 2 rings (SSSR count). The monoisotopic (exact) mass is 264 g/mol. The average Bonchev–Trinajstić information content (AvgIpc) is 2.27. The smallest absolute Gasteiger partial charge is 0.202 e. The Morgan fingerprint density at radius 3 is 2.22 bits per heavy atom. The van der Waals surface area contributed by atoms with Crippen LogP contribution in [0.2, 0.25) is 0 Å². The van der Waals surface area contributed by atoms with Crippen molar-refractivity contribution in [2.45, 2.75) is 31.6 Å². The van der Waals surface area contributed by atoms with E-state index in [0.29, 0.717) is 12.8 Å². The van der Waals surface area contributed by atoms with Crippen LogP contribution in [-0.4, -0.2) is 14.2 Å². The minimum absolute atomic E-state index is 0.110. The third-order valence-corrected chi connectivity index (χ3v) is 4.87. The van der Waals surface area contributed by atoms with Crippen molar-refractivity contribution in [3.8, 4) is 0 Å². The van der Waals surface area contributed by atoms with E-state index in [1.165, 1.54) is 6.08 Å². The SMILES string of the molecule is CC1(C)CC(=O)C=C(S(=O)(=O)c2ccccc2)C1. The zero-order chi connectivity index (χ0) is 13.4. The molecule has 0 bridgehead atoms. The van der Waals surface area contributed by atoms with Crippen LogP contribution in [-0.2, 0) is 14.6 Å². The van der Waals surface area contributed by atoms with Gasteiger partial charge in [0.25, 0.3) is 0 Å². The van der Waals surface area contributed by atoms with E-state index in [-0.39, 0.29) is 21.0 Å². The van der Waals surface area contributed by atoms with Crippen LogP contribution in [0.25, 0.3) is 0 Å². The molecule has 0 N–H and O–H groups in total. The van der Waals surface area contributed by atoms with Crippen molar-refractivity contribution in [3.05, 3.63) is 41.3 Å². The molecule has 1 aliphatic carbocycles. The van der Waals surface area contributed by atoms with E-state index in [4.69, 9.17) is 0 Å². The Hall–Kier alpha value is -1.42. The van der Waals surface area contributed by atoms with Crippen LogP contribution in [0.4, 0.5) is 0 Å². The van der Waals surface area contributed by atoms with Gasteiger partial charge in [-0.25, -0.2) is 8.42 Å². The molecule has 1 aromatic carbocycles. The van der Waals surface area contributed by atoms with Crippen molar-refractivity contribution < 1.29 is 13.2 Å². The predicted octanol–water partition coefficient (Wildman–Crippen LogP) is 2.73. The van der Waals surface area contributed by atoms with Crippen LogP contribution in [0.1, 0.15) is 26.7 Å². The van der Waals surface area contributed by atoms with E-state index >= 15 is 0 Å². The van der Waals surface area contributed by atoms with E-state index < -0.39 is 9.84 Å². The van der Waals surface area contributed by atoms with Crippen LogP contribution in [0.3, 0.4) is 0 Å². The average molecular weight is 264 g/mol. The summed E-state index contributed by atoms with van der Waals surface area (Å²) in [5.74, 6) is -0.110. The Balaban J connectivity index is 2.46. The Bertz CT molecular complexity index is 595. The first-order chi connectivity index (χ1) is 8.31. The summed E-state index contributed by atoms with van der Waals surface area (Å²) in [4.78, 5) is 12.1. The lowest BCUT2D eigenvalue weighted by molar-refractivity contribution is -0.116. The summed E-state index contributed by atoms with van der Waals surface area (Å²) in [6.45, 7) is 3.83. The minimum atomic E-state index is -3.53. The van der Waals surface area contributed by atoms with Crippen molar-refractivity contribution in [3.63, 3.8) is 0 Å². The summed E-state index contributed by atoms with van der Waals surface area (Å²) in [5, 5.41) is 0. The second-order valence-electron chi connectivity index (χ2n) is 5.41. The molecule has 0 saturated carbocycles. The van der Waals surface area contributed by atoms with Gasteiger partial charge in [-0.3, -0.25) is 4.79 Å². The Morgan fingerprint density at radius 2 is 1.67 bits per heavy atom. The number of rotatable bonds is 2. The summed E-state index contributed by atoms with van der Waals surface area (Å²) in [6.07, 6.45) is 2.10. The van der Waals surface area contributed by atoms with Crippen molar-refractivity contribution in [2.24, 2.45) is 5.41 Å². The number of hydrogen-bond donors (Lipinski definition) is 0. The van der Waals surface area contributed by atoms with Crippen molar-refractivity contribution in [1.29, 1.82) is 0 Å².